The lowest BCUT2D eigenvalue weighted by Crippen LogP contribution is -2.47. The lowest BCUT2D eigenvalue weighted by Gasteiger charge is -2.32. The van der Waals surface area contributed by atoms with Crippen molar-refractivity contribution in [1.82, 2.24) is 4.98 Å². The first-order chi connectivity index (χ1) is 16.2. The van der Waals surface area contributed by atoms with Gasteiger partial charge in [0.25, 0.3) is 18.2 Å². The van der Waals surface area contributed by atoms with E-state index in [1.807, 2.05) is 0 Å². The number of nitrogens with zero attached hydrogens (tertiary/aromatic N) is 1. The van der Waals surface area contributed by atoms with E-state index in [1.165, 1.54) is 6.07 Å². The van der Waals surface area contributed by atoms with Crippen LogP contribution in [0.1, 0.15) is 47.8 Å². The van der Waals surface area contributed by atoms with Crippen LogP contribution < -0.4 is 15.8 Å². The van der Waals surface area contributed by atoms with E-state index in [0.29, 0.717) is 6.07 Å². The van der Waals surface area contributed by atoms with Gasteiger partial charge in [0.05, 0.1) is 12.7 Å². The molecule has 1 aromatic heterocycles. The van der Waals surface area contributed by atoms with Crippen molar-refractivity contribution in [2.45, 2.75) is 44.1 Å². The van der Waals surface area contributed by atoms with Gasteiger partial charge >= 0.3 is 6.18 Å². The Balaban J connectivity index is 2.12. The highest BCUT2D eigenvalue weighted by atomic mass is 19.4. The summed E-state index contributed by atoms with van der Waals surface area (Å²) in [4.78, 5) is 28.2. The fourth-order valence-electron chi connectivity index (χ4n) is 4.17. The maximum atomic E-state index is 14.1. The van der Waals surface area contributed by atoms with Gasteiger partial charge in [-0.2, -0.15) is 13.2 Å². The Bertz CT molecular complexity index is 1140. The molecule has 13 heteroatoms. The van der Waals surface area contributed by atoms with Crippen molar-refractivity contribution in [2.24, 2.45) is 11.7 Å². The summed E-state index contributed by atoms with van der Waals surface area (Å²) in [6.45, 7) is 1.88. The minimum atomic E-state index is -4.95. The number of amides is 2. The van der Waals surface area contributed by atoms with E-state index in [4.69, 9.17) is 15.2 Å². The maximum absolute atomic E-state index is 14.1. The molecule has 1 saturated heterocycles. The first-order valence-corrected chi connectivity index (χ1v) is 10.2. The van der Waals surface area contributed by atoms with Crippen LogP contribution >= 0.6 is 0 Å². The second kappa shape index (κ2) is 9.36. The van der Waals surface area contributed by atoms with Gasteiger partial charge in [0.1, 0.15) is 23.4 Å². The lowest BCUT2D eigenvalue weighted by atomic mass is 9.76. The quantitative estimate of drug-likeness (QED) is 0.569. The Hall–Kier alpha value is -3.35. The highest BCUT2D eigenvalue weighted by Gasteiger charge is 2.66. The van der Waals surface area contributed by atoms with Gasteiger partial charge in [-0.05, 0) is 25.1 Å². The third kappa shape index (κ3) is 4.64. The van der Waals surface area contributed by atoms with E-state index in [9.17, 15) is 35.9 Å². The first-order valence-electron chi connectivity index (χ1n) is 10.2. The van der Waals surface area contributed by atoms with Gasteiger partial charge in [0.2, 0.25) is 0 Å². The number of pyridine rings is 1. The van der Waals surface area contributed by atoms with Gasteiger partial charge in [0.15, 0.2) is 5.60 Å². The number of nitrogens with two attached hydrogens (primary N) is 1. The van der Waals surface area contributed by atoms with Crippen LogP contribution in [-0.4, -0.2) is 41.8 Å². The molecule has 0 radical (unpaired) electrons. The summed E-state index contributed by atoms with van der Waals surface area (Å²) in [5.41, 5.74) is 0.654. The molecule has 1 aliphatic rings. The Morgan fingerprint density at radius 1 is 1.26 bits per heavy atom. The number of nitrogens with one attached hydrogen (secondary N) is 1. The zero-order valence-corrected chi connectivity index (χ0v) is 18.6. The van der Waals surface area contributed by atoms with E-state index < -0.39 is 65.1 Å². The van der Waals surface area contributed by atoms with Gasteiger partial charge in [-0.15, -0.1) is 0 Å². The first kappa shape index (κ1) is 26.3. The van der Waals surface area contributed by atoms with Gasteiger partial charge in [0, 0.05) is 29.3 Å². The minimum Gasteiger partial charge on any atom is -0.496 e. The number of alkyl halides is 5. The normalized spacial score (nSPS) is 24.5. The third-order valence-electron chi connectivity index (χ3n) is 6.16. The molecule has 3 N–H and O–H groups in total. The van der Waals surface area contributed by atoms with Gasteiger partial charge in [-0.25, -0.2) is 13.2 Å². The van der Waals surface area contributed by atoms with Crippen LogP contribution in [0.25, 0.3) is 0 Å². The number of benzene rings is 1. The maximum Gasteiger partial charge on any atom is 0.417 e. The number of hydrogen-bond acceptors (Lipinski definition) is 5. The Labute approximate surface area is 195 Å². The number of halogens is 6. The largest absolute Gasteiger partial charge is 0.496 e. The number of carbonyl (C=O) groups is 2. The molecule has 190 valence electrons. The van der Waals surface area contributed by atoms with Crippen molar-refractivity contribution in [3.05, 3.63) is 53.1 Å². The number of ether oxygens (including phenoxy) is 2. The van der Waals surface area contributed by atoms with Crippen molar-refractivity contribution in [3.63, 3.8) is 0 Å². The third-order valence-corrected chi connectivity index (χ3v) is 6.16. The molecule has 0 bridgehead atoms. The van der Waals surface area contributed by atoms with Gasteiger partial charge in [-0.1, -0.05) is 13.0 Å². The average Bonchev–Trinajstić information content (AvgIpc) is 3.05. The number of carbonyl (C=O) groups excluding carboxylic acids is 2. The summed E-state index contributed by atoms with van der Waals surface area (Å²) in [6, 6.07) is 4.02. The molecule has 0 unspecified atom stereocenters. The lowest BCUT2D eigenvalue weighted by molar-refractivity contribution is -0.272. The van der Waals surface area contributed by atoms with Crippen molar-refractivity contribution < 1.29 is 45.4 Å². The zero-order valence-electron chi connectivity index (χ0n) is 18.6. The fourth-order valence-corrected chi connectivity index (χ4v) is 4.17. The predicted octanol–water partition coefficient (Wildman–Crippen LogP) is 4.34. The summed E-state index contributed by atoms with van der Waals surface area (Å²) >= 11 is 0. The summed E-state index contributed by atoms with van der Waals surface area (Å²) in [5.74, 6) is -6.92. The number of aromatic nitrogens is 1. The molecule has 7 nitrogen and oxygen atoms in total. The zero-order chi connectivity index (χ0) is 26.3. The molecule has 0 aliphatic carbocycles. The second-order valence-electron chi connectivity index (χ2n) is 8.13. The van der Waals surface area contributed by atoms with Crippen LogP contribution in [0.5, 0.6) is 5.75 Å². The van der Waals surface area contributed by atoms with E-state index >= 15 is 0 Å². The van der Waals surface area contributed by atoms with Crippen LogP contribution in [0.2, 0.25) is 0 Å². The van der Waals surface area contributed by atoms with Crippen LogP contribution in [-0.2, 0) is 9.53 Å². The van der Waals surface area contributed by atoms with Gasteiger partial charge < -0.3 is 20.5 Å². The molecular formula is C22H21F6N3O4. The molecule has 3 rings (SSSR count). The molecule has 1 aliphatic heterocycles. The Morgan fingerprint density at radius 2 is 1.91 bits per heavy atom. The topological polar surface area (TPSA) is 104 Å². The number of methoxy groups -OCH3 is 1. The molecule has 4 atom stereocenters. The van der Waals surface area contributed by atoms with E-state index in [-0.39, 0.29) is 16.9 Å². The highest BCUT2D eigenvalue weighted by Crippen LogP contribution is 2.55. The van der Waals surface area contributed by atoms with E-state index in [1.54, 1.807) is 0 Å². The van der Waals surface area contributed by atoms with Crippen molar-refractivity contribution >= 4 is 17.5 Å². The van der Waals surface area contributed by atoms with Crippen molar-refractivity contribution in [2.75, 3.05) is 12.4 Å². The number of hydrogen-bond donors (Lipinski definition) is 2. The molecule has 2 amide bonds. The standard InChI is InChI=1S/C22H21F6N3O4/c1-9-14(11-4-5-12(23)15(18(24)25)16(11)34-3)17(35-21(9,2)22(26,27)28)20(33)31-10-6-7-30-13(8-10)19(29)32/h4-9,14,17-18H,1-3H3,(H2,29,32)(H,30,31,33)/t9-,14-,17-,21-/m0/s1. The summed E-state index contributed by atoms with van der Waals surface area (Å²) in [7, 11) is 0.963. The smallest absolute Gasteiger partial charge is 0.417 e. The van der Waals surface area contributed by atoms with E-state index in [2.05, 4.69) is 10.3 Å². The molecule has 1 aromatic carbocycles. The monoisotopic (exact) mass is 505 g/mol. The van der Waals surface area contributed by atoms with Crippen molar-refractivity contribution in [3.8, 4) is 5.75 Å². The Kier molecular flexibility index (Phi) is 7.02. The molecule has 1 fully saturated rings. The number of anilines is 1. The summed E-state index contributed by atoms with van der Waals surface area (Å²) in [5, 5.41) is 2.33. The van der Waals surface area contributed by atoms with E-state index in [0.717, 1.165) is 39.3 Å². The molecule has 2 aromatic rings. The predicted molar refractivity (Wildman–Crippen MR) is 111 cm³/mol. The van der Waals surface area contributed by atoms with Crippen LogP contribution in [0.4, 0.5) is 32.0 Å². The number of primary amides is 1. The SMILES string of the molecule is COc1c([C@H]2[C@@H](C(=O)Nc3ccnc(C(N)=O)c3)O[C@](C)(C(F)(F)F)[C@H]2C)ccc(F)c1C(F)F. The molecule has 0 saturated carbocycles. The minimum absolute atomic E-state index is 0.0197. The molecular weight excluding hydrogens is 484 g/mol. The van der Waals surface area contributed by atoms with Crippen LogP contribution in [0, 0.1) is 11.7 Å². The van der Waals surface area contributed by atoms with Crippen LogP contribution in [0.15, 0.2) is 30.5 Å². The summed E-state index contributed by atoms with van der Waals surface area (Å²) < 4.78 is 93.6. The molecule has 0 spiro atoms. The fraction of sp³-hybridized carbons (Fsp3) is 0.409. The highest BCUT2D eigenvalue weighted by molar-refractivity contribution is 5.97. The second-order valence-corrected chi connectivity index (χ2v) is 8.13. The van der Waals surface area contributed by atoms with Gasteiger partial charge in [-0.3, -0.25) is 14.6 Å². The van der Waals surface area contributed by atoms with Crippen molar-refractivity contribution in [1.29, 1.82) is 0 Å². The average molecular weight is 505 g/mol. The molecule has 35 heavy (non-hydrogen) atoms. The summed E-state index contributed by atoms with van der Waals surface area (Å²) in [6.07, 6.45) is -9.00. The molecule has 2 heterocycles. The number of rotatable bonds is 6. The van der Waals surface area contributed by atoms with Crippen LogP contribution in [0.3, 0.4) is 0 Å². The Morgan fingerprint density at radius 3 is 2.46 bits per heavy atom.